The highest BCUT2D eigenvalue weighted by molar-refractivity contribution is 5.91. The molecule has 2 aromatic carbocycles. The summed E-state index contributed by atoms with van der Waals surface area (Å²) in [4.78, 5) is 2.52. The van der Waals surface area contributed by atoms with Gasteiger partial charge in [-0.1, -0.05) is 42.3 Å². The van der Waals surface area contributed by atoms with Gasteiger partial charge in [0.1, 0.15) is 0 Å². The Morgan fingerprint density at radius 2 is 1.79 bits per heavy atom. The fourth-order valence-corrected chi connectivity index (χ4v) is 4.96. The van der Waals surface area contributed by atoms with E-state index in [1.54, 1.807) is 5.56 Å². The van der Waals surface area contributed by atoms with Crippen LogP contribution in [0.3, 0.4) is 0 Å². The van der Waals surface area contributed by atoms with E-state index < -0.39 is 0 Å². The van der Waals surface area contributed by atoms with E-state index >= 15 is 0 Å². The molecule has 0 bridgehead atoms. The van der Waals surface area contributed by atoms with Crippen molar-refractivity contribution in [3.63, 3.8) is 0 Å². The van der Waals surface area contributed by atoms with E-state index in [0.29, 0.717) is 6.04 Å². The first-order valence-corrected chi connectivity index (χ1v) is 10.5. The number of allylic oxidation sites excluding steroid dienone is 1. The van der Waals surface area contributed by atoms with E-state index in [9.17, 15) is 0 Å². The molecular weight excluding hydrogens is 340 g/mol. The smallest absolute Gasteiger partial charge is 0.0529 e. The van der Waals surface area contributed by atoms with Crippen LogP contribution in [0.25, 0.3) is 22.7 Å². The number of aryl methyl sites for hydroxylation is 3. The van der Waals surface area contributed by atoms with E-state index in [1.807, 2.05) is 0 Å². The molecule has 1 aliphatic rings. The third-order valence-electron chi connectivity index (χ3n) is 6.38. The predicted molar refractivity (Wildman–Crippen MR) is 122 cm³/mol. The number of fused-ring (bicyclic) bond motifs is 3. The Morgan fingerprint density at radius 1 is 1.07 bits per heavy atom. The molecule has 1 atom stereocenters. The Hall–Kier alpha value is -2.32. The standard InChI is InChI=1S/C26H32N2/c1-7-24-26-22(12-13-27(24)6)23-15-18(3)9-11-25(23)28(26)16-20(5)21-10-8-17(2)14-19(21)4/h8-11,14-16,24H,7,12-13H2,1-6H3/b20-16+. The van der Waals surface area contributed by atoms with Crippen LogP contribution in [0.15, 0.2) is 36.4 Å². The molecule has 0 saturated carbocycles. The largest absolute Gasteiger partial charge is 0.318 e. The average molecular weight is 373 g/mol. The summed E-state index contributed by atoms with van der Waals surface area (Å²) in [6, 6.07) is 14.2. The summed E-state index contributed by atoms with van der Waals surface area (Å²) in [5.41, 5.74) is 11.0. The van der Waals surface area contributed by atoms with Crippen molar-refractivity contribution < 1.29 is 0 Å². The van der Waals surface area contributed by atoms with Gasteiger partial charge in [-0.25, -0.2) is 0 Å². The number of hydrogen-bond donors (Lipinski definition) is 0. The lowest BCUT2D eigenvalue weighted by Gasteiger charge is -2.33. The summed E-state index contributed by atoms with van der Waals surface area (Å²) < 4.78 is 2.49. The van der Waals surface area contributed by atoms with E-state index in [2.05, 4.69) is 93.7 Å². The van der Waals surface area contributed by atoms with Gasteiger partial charge in [0.25, 0.3) is 0 Å². The molecule has 28 heavy (non-hydrogen) atoms. The third kappa shape index (κ3) is 3.10. The Labute approximate surface area is 169 Å². The van der Waals surface area contributed by atoms with Gasteiger partial charge in [-0.3, -0.25) is 4.90 Å². The monoisotopic (exact) mass is 372 g/mol. The number of aromatic nitrogens is 1. The predicted octanol–water partition coefficient (Wildman–Crippen LogP) is 6.52. The number of hydrogen-bond acceptors (Lipinski definition) is 1. The van der Waals surface area contributed by atoms with Crippen molar-refractivity contribution in [3.05, 3.63) is 69.9 Å². The zero-order valence-electron chi connectivity index (χ0n) is 18.1. The minimum Gasteiger partial charge on any atom is -0.318 e. The summed E-state index contributed by atoms with van der Waals surface area (Å²) in [6.07, 6.45) is 4.64. The first-order valence-electron chi connectivity index (χ1n) is 10.5. The fourth-order valence-electron chi connectivity index (χ4n) is 4.96. The number of rotatable bonds is 3. The summed E-state index contributed by atoms with van der Waals surface area (Å²) in [6.45, 7) is 12.3. The molecule has 2 heterocycles. The van der Waals surface area contributed by atoms with Crippen molar-refractivity contribution in [2.45, 2.75) is 53.5 Å². The average Bonchev–Trinajstić information content (AvgIpc) is 2.94. The van der Waals surface area contributed by atoms with Crippen LogP contribution in [0.2, 0.25) is 0 Å². The molecule has 0 spiro atoms. The van der Waals surface area contributed by atoms with Gasteiger partial charge in [-0.05, 0) is 82.0 Å². The van der Waals surface area contributed by atoms with Gasteiger partial charge < -0.3 is 4.57 Å². The number of likely N-dealkylation sites (N-methyl/N-ethyl adjacent to an activating group) is 1. The molecule has 1 aromatic heterocycles. The number of nitrogens with zero attached hydrogens (tertiary/aromatic N) is 2. The van der Waals surface area contributed by atoms with Crippen molar-refractivity contribution in [1.29, 1.82) is 0 Å². The van der Waals surface area contributed by atoms with Gasteiger partial charge in [-0.2, -0.15) is 0 Å². The molecule has 0 fully saturated rings. The lowest BCUT2D eigenvalue weighted by Crippen LogP contribution is -2.32. The molecular formula is C26H32N2. The lowest BCUT2D eigenvalue weighted by atomic mass is 9.95. The van der Waals surface area contributed by atoms with Crippen LogP contribution >= 0.6 is 0 Å². The van der Waals surface area contributed by atoms with Crippen molar-refractivity contribution >= 4 is 22.7 Å². The van der Waals surface area contributed by atoms with Crippen molar-refractivity contribution in [2.24, 2.45) is 0 Å². The molecule has 146 valence electrons. The summed E-state index contributed by atoms with van der Waals surface area (Å²) >= 11 is 0. The molecule has 2 nitrogen and oxygen atoms in total. The van der Waals surface area contributed by atoms with Crippen LogP contribution in [0.5, 0.6) is 0 Å². The van der Waals surface area contributed by atoms with E-state index in [0.717, 1.165) is 19.4 Å². The minimum absolute atomic E-state index is 0.472. The maximum atomic E-state index is 2.52. The van der Waals surface area contributed by atoms with Crippen molar-refractivity contribution in [1.82, 2.24) is 9.47 Å². The second-order valence-electron chi connectivity index (χ2n) is 8.54. The summed E-state index contributed by atoms with van der Waals surface area (Å²) in [5, 5.41) is 1.44. The highest BCUT2D eigenvalue weighted by atomic mass is 15.2. The van der Waals surface area contributed by atoms with Crippen LogP contribution in [0.1, 0.15) is 59.8 Å². The fraction of sp³-hybridized carbons (Fsp3) is 0.385. The summed E-state index contributed by atoms with van der Waals surface area (Å²) in [7, 11) is 2.27. The van der Waals surface area contributed by atoms with Gasteiger partial charge in [0.2, 0.25) is 0 Å². The molecule has 0 amide bonds. The zero-order valence-corrected chi connectivity index (χ0v) is 18.1. The molecule has 3 aromatic rings. The zero-order chi connectivity index (χ0) is 20.0. The molecule has 2 heteroatoms. The van der Waals surface area contributed by atoms with Gasteiger partial charge in [-0.15, -0.1) is 0 Å². The SMILES string of the molecule is CCC1c2c(c3cc(C)ccc3n2/C=C(\C)c2ccc(C)cc2C)CCN1C. The molecule has 4 rings (SSSR count). The lowest BCUT2D eigenvalue weighted by molar-refractivity contribution is 0.220. The highest BCUT2D eigenvalue weighted by Crippen LogP contribution is 2.39. The first-order chi connectivity index (χ1) is 13.4. The summed E-state index contributed by atoms with van der Waals surface area (Å²) in [5.74, 6) is 0. The van der Waals surface area contributed by atoms with Gasteiger partial charge in [0.05, 0.1) is 11.6 Å². The maximum Gasteiger partial charge on any atom is 0.0529 e. The topological polar surface area (TPSA) is 8.17 Å². The van der Waals surface area contributed by atoms with Crippen LogP contribution in [0.4, 0.5) is 0 Å². The molecule has 0 saturated heterocycles. The first kappa shape index (κ1) is 19.0. The molecule has 1 aliphatic heterocycles. The van der Waals surface area contributed by atoms with E-state index in [-0.39, 0.29) is 0 Å². The Kier molecular flexibility index (Phi) is 4.93. The van der Waals surface area contributed by atoms with E-state index in [1.165, 1.54) is 44.4 Å². The number of benzene rings is 2. The molecule has 1 unspecified atom stereocenters. The van der Waals surface area contributed by atoms with Gasteiger partial charge in [0.15, 0.2) is 0 Å². The quantitative estimate of drug-likeness (QED) is 0.508. The third-order valence-corrected chi connectivity index (χ3v) is 6.38. The van der Waals surface area contributed by atoms with Crippen LogP contribution in [0, 0.1) is 20.8 Å². The Morgan fingerprint density at radius 3 is 2.50 bits per heavy atom. The van der Waals surface area contributed by atoms with Crippen molar-refractivity contribution in [3.8, 4) is 0 Å². The van der Waals surface area contributed by atoms with Gasteiger partial charge >= 0.3 is 0 Å². The maximum absolute atomic E-state index is 2.52. The normalized spacial score (nSPS) is 17.9. The Bertz CT molecular complexity index is 1070. The van der Waals surface area contributed by atoms with Gasteiger partial charge in [0, 0.05) is 23.8 Å². The highest BCUT2D eigenvalue weighted by Gasteiger charge is 2.29. The van der Waals surface area contributed by atoms with Crippen LogP contribution < -0.4 is 0 Å². The van der Waals surface area contributed by atoms with Crippen LogP contribution in [-0.4, -0.2) is 23.1 Å². The molecule has 0 N–H and O–H groups in total. The van der Waals surface area contributed by atoms with E-state index in [4.69, 9.17) is 0 Å². The molecule has 0 radical (unpaired) electrons. The van der Waals surface area contributed by atoms with Crippen molar-refractivity contribution in [2.75, 3.05) is 13.6 Å². The minimum atomic E-state index is 0.472. The second kappa shape index (κ2) is 7.25. The Balaban J connectivity index is 1.97. The van der Waals surface area contributed by atoms with Crippen LogP contribution in [-0.2, 0) is 6.42 Å². The second-order valence-corrected chi connectivity index (χ2v) is 8.54. The molecule has 0 aliphatic carbocycles.